The molecule has 0 atom stereocenters. The first-order valence-corrected chi connectivity index (χ1v) is 15.6. The van der Waals surface area contributed by atoms with Gasteiger partial charge in [-0.25, -0.2) is 0 Å². The van der Waals surface area contributed by atoms with Gasteiger partial charge in [-0.2, -0.15) is 0 Å². The van der Waals surface area contributed by atoms with Crippen LogP contribution in [0, 0.1) is 11.8 Å². The van der Waals surface area contributed by atoms with E-state index in [9.17, 15) is 9.59 Å². The van der Waals surface area contributed by atoms with Crippen molar-refractivity contribution in [3.63, 3.8) is 0 Å². The van der Waals surface area contributed by atoms with Crippen LogP contribution in [0.2, 0.25) is 0 Å². The molecule has 3 fully saturated rings. The molecule has 2 aromatic carbocycles. The van der Waals surface area contributed by atoms with E-state index >= 15 is 0 Å². The van der Waals surface area contributed by atoms with Crippen LogP contribution in [-0.2, 0) is 20.8 Å². The SMILES string of the molecule is CN(C(=O)CC1CCOCC1)c1ccc(OC2CCC(Cn3cc(C(=O)N4CCOCC4)c4ccccc43)CC2)cc1. The average molecular weight is 574 g/mol. The Balaban J connectivity index is 1.01. The number of para-hydroxylation sites is 1. The van der Waals surface area contributed by atoms with Crippen LogP contribution in [0.15, 0.2) is 54.7 Å². The molecule has 0 bridgehead atoms. The summed E-state index contributed by atoms with van der Waals surface area (Å²) in [7, 11) is 1.86. The highest BCUT2D eigenvalue weighted by Crippen LogP contribution is 2.32. The Kier molecular flexibility index (Phi) is 9.10. The minimum absolute atomic E-state index is 0.103. The molecule has 0 radical (unpaired) electrons. The highest BCUT2D eigenvalue weighted by atomic mass is 16.5. The van der Waals surface area contributed by atoms with E-state index in [0.29, 0.717) is 44.6 Å². The van der Waals surface area contributed by atoms with Crippen molar-refractivity contribution in [1.29, 1.82) is 0 Å². The van der Waals surface area contributed by atoms with E-state index in [4.69, 9.17) is 14.2 Å². The first-order chi connectivity index (χ1) is 20.5. The van der Waals surface area contributed by atoms with E-state index in [1.807, 2.05) is 42.3 Å². The Bertz CT molecular complexity index is 1350. The number of ether oxygens (including phenoxy) is 3. The second-order valence-corrected chi connectivity index (χ2v) is 12.1. The number of rotatable bonds is 8. The Morgan fingerprint density at radius 1 is 0.857 bits per heavy atom. The third-order valence-corrected chi connectivity index (χ3v) is 9.27. The summed E-state index contributed by atoms with van der Waals surface area (Å²) >= 11 is 0. The number of aromatic nitrogens is 1. The van der Waals surface area contributed by atoms with Crippen molar-refractivity contribution in [3.8, 4) is 5.75 Å². The molecule has 42 heavy (non-hydrogen) atoms. The highest BCUT2D eigenvalue weighted by Gasteiger charge is 2.26. The molecule has 0 unspecified atom stereocenters. The van der Waals surface area contributed by atoms with Crippen LogP contribution < -0.4 is 9.64 Å². The van der Waals surface area contributed by atoms with Gasteiger partial charge in [-0.1, -0.05) is 18.2 Å². The fraction of sp³-hybridized carbons (Fsp3) is 0.529. The number of carbonyl (C=O) groups is 2. The first-order valence-electron chi connectivity index (χ1n) is 15.6. The van der Waals surface area contributed by atoms with Crippen LogP contribution in [0.4, 0.5) is 5.69 Å². The van der Waals surface area contributed by atoms with E-state index < -0.39 is 0 Å². The molecule has 0 spiro atoms. The van der Waals surface area contributed by atoms with Gasteiger partial charge in [-0.3, -0.25) is 9.59 Å². The smallest absolute Gasteiger partial charge is 0.256 e. The fourth-order valence-corrected chi connectivity index (χ4v) is 6.63. The number of amides is 2. The van der Waals surface area contributed by atoms with Crippen LogP contribution in [0.3, 0.4) is 0 Å². The van der Waals surface area contributed by atoms with Crippen molar-refractivity contribution in [1.82, 2.24) is 9.47 Å². The zero-order chi connectivity index (χ0) is 28.9. The largest absolute Gasteiger partial charge is 0.490 e. The van der Waals surface area contributed by atoms with E-state index in [2.05, 4.69) is 29.0 Å². The number of nitrogens with zero attached hydrogens (tertiary/aromatic N) is 3. The monoisotopic (exact) mass is 573 g/mol. The molecule has 3 heterocycles. The molecule has 3 aliphatic rings. The molecular formula is C34H43N3O5. The quantitative estimate of drug-likeness (QED) is 0.354. The zero-order valence-corrected chi connectivity index (χ0v) is 24.7. The molecule has 3 aromatic rings. The van der Waals surface area contributed by atoms with Gasteiger partial charge in [0.25, 0.3) is 5.91 Å². The van der Waals surface area contributed by atoms with Gasteiger partial charge in [-0.05, 0) is 80.7 Å². The number of hydrogen-bond acceptors (Lipinski definition) is 5. The first kappa shape index (κ1) is 28.7. The second kappa shape index (κ2) is 13.3. The number of fused-ring (bicyclic) bond motifs is 1. The van der Waals surface area contributed by atoms with Crippen LogP contribution >= 0.6 is 0 Å². The molecule has 1 aliphatic carbocycles. The fourth-order valence-electron chi connectivity index (χ4n) is 6.63. The van der Waals surface area contributed by atoms with Crippen molar-refractivity contribution in [2.24, 2.45) is 11.8 Å². The third kappa shape index (κ3) is 6.65. The van der Waals surface area contributed by atoms with Crippen molar-refractivity contribution >= 4 is 28.4 Å². The lowest BCUT2D eigenvalue weighted by molar-refractivity contribution is -0.119. The van der Waals surface area contributed by atoms with Gasteiger partial charge in [0.1, 0.15) is 5.75 Å². The van der Waals surface area contributed by atoms with Crippen LogP contribution in [0.1, 0.15) is 55.3 Å². The maximum absolute atomic E-state index is 13.3. The van der Waals surface area contributed by atoms with Gasteiger partial charge in [0.15, 0.2) is 0 Å². The summed E-state index contributed by atoms with van der Waals surface area (Å²) in [4.78, 5) is 29.8. The molecule has 1 aromatic heterocycles. The van der Waals surface area contributed by atoms with Gasteiger partial charge >= 0.3 is 0 Å². The average Bonchev–Trinajstić information content (AvgIpc) is 3.40. The summed E-state index contributed by atoms with van der Waals surface area (Å²) in [5, 5.41) is 1.03. The molecule has 8 heteroatoms. The predicted molar refractivity (Wildman–Crippen MR) is 163 cm³/mol. The van der Waals surface area contributed by atoms with Crippen LogP contribution in [0.25, 0.3) is 10.9 Å². The molecular weight excluding hydrogens is 530 g/mol. The highest BCUT2D eigenvalue weighted by molar-refractivity contribution is 6.07. The molecule has 1 saturated carbocycles. The lowest BCUT2D eigenvalue weighted by Gasteiger charge is -2.29. The maximum atomic E-state index is 13.3. The Hall–Kier alpha value is -3.36. The number of benzene rings is 2. The number of anilines is 1. The van der Waals surface area contributed by atoms with Gasteiger partial charge < -0.3 is 28.6 Å². The van der Waals surface area contributed by atoms with E-state index in [1.165, 1.54) is 0 Å². The molecule has 0 N–H and O–H groups in total. The summed E-state index contributed by atoms with van der Waals surface area (Å²) in [5.41, 5.74) is 2.82. The topological polar surface area (TPSA) is 73.2 Å². The van der Waals surface area contributed by atoms with Crippen LogP contribution in [0.5, 0.6) is 5.75 Å². The summed E-state index contributed by atoms with van der Waals surface area (Å²) in [6, 6.07) is 16.2. The summed E-state index contributed by atoms with van der Waals surface area (Å²) in [5.74, 6) is 2.08. The van der Waals surface area contributed by atoms with Crippen LogP contribution in [-0.4, -0.2) is 74.0 Å². The van der Waals surface area contributed by atoms with Crippen molar-refractivity contribution in [2.45, 2.75) is 57.6 Å². The summed E-state index contributed by atoms with van der Waals surface area (Å²) in [6.07, 6.45) is 8.96. The summed E-state index contributed by atoms with van der Waals surface area (Å²) in [6.45, 7) is 4.94. The van der Waals surface area contributed by atoms with Gasteiger partial charge in [0, 0.05) is 69.1 Å². The van der Waals surface area contributed by atoms with Gasteiger partial charge in [-0.15, -0.1) is 0 Å². The normalized spacial score (nSPS) is 21.8. The van der Waals surface area contributed by atoms with Crippen molar-refractivity contribution in [3.05, 3.63) is 60.3 Å². The Labute approximate surface area is 248 Å². The summed E-state index contributed by atoms with van der Waals surface area (Å²) < 4.78 is 19.5. The molecule has 2 aliphatic heterocycles. The molecule has 6 rings (SSSR count). The minimum Gasteiger partial charge on any atom is -0.490 e. The minimum atomic E-state index is 0.103. The molecule has 224 valence electrons. The molecule has 8 nitrogen and oxygen atoms in total. The lowest BCUT2D eigenvalue weighted by Crippen LogP contribution is -2.40. The second-order valence-electron chi connectivity index (χ2n) is 12.1. The zero-order valence-electron chi connectivity index (χ0n) is 24.7. The predicted octanol–water partition coefficient (Wildman–Crippen LogP) is 5.53. The Morgan fingerprint density at radius 2 is 1.55 bits per heavy atom. The van der Waals surface area contributed by atoms with Gasteiger partial charge in [0.2, 0.25) is 5.91 Å². The lowest BCUT2D eigenvalue weighted by atomic mass is 9.87. The molecule has 2 amide bonds. The van der Waals surface area contributed by atoms with Crippen molar-refractivity contribution in [2.75, 3.05) is 51.5 Å². The third-order valence-electron chi connectivity index (χ3n) is 9.27. The number of carbonyl (C=O) groups excluding carboxylic acids is 2. The number of morpholine rings is 1. The standard InChI is InChI=1S/C34H43N3O5/c1-35(33(38)22-25-14-18-40-19-15-25)27-8-12-29(13-9-27)42-28-10-6-26(7-11-28)23-37-24-31(30-4-2-3-5-32(30)37)34(39)36-16-20-41-21-17-36/h2-5,8-9,12-13,24-26,28H,6-7,10-11,14-23H2,1H3. The maximum Gasteiger partial charge on any atom is 0.256 e. The van der Waals surface area contributed by atoms with E-state index in [-0.39, 0.29) is 17.9 Å². The van der Waals surface area contributed by atoms with E-state index in [0.717, 1.165) is 86.2 Å². The number of hydrogen-bond donors (Lipinski definition) is 0. The van der Waals surface area contributed by atoms with Gasteiger partial charge in [0.05, 0.1) is 24.9 Å². The van der Waals surface area contributed by atoms with E-state index in [1.54, 1.807) is 4.90 Å². The molecule has 2 saturated heterocycles. The Morgan fingerprint density at radius 3 is 2.29 bits per heavy atom. The van der Waals surface area contributed by atoms with Crippen molar-refractivity contribution < 1.29 is 23.8 Å².